The summed E-state index contributed by atoms with van der Waals surface area (Å²) >= 11 is 0. The average Bonchev–Trinajstić information content (AvgIpc) is 2.19. The molecule has 0 aromatic carbocycles. The van der Waals surface area contributed by atoms with Gasteiger partial charge in [0.1, 0.15) is 0 Å². The van der Waals surface area contributed by atoms with Crippen LogP contribution in [0.4, 0.5) is 0 Å². The summed E-state index contributed by atoms with van der Waals surface area (Å²) in [5.41, 5.74) is 0. The van der Waals surface area contributed by atoms with Crippen molar-refractivity contribution in [1.82, 2.24) is 10.2 Å². The minimum absolute atomic E-state index is 0.556. The summed E-state index contributed by atoms with van der Waals surface area (Å²) in [4.78, 5) is 0. The standard InChI is InChI=1S/C5H5N2O/c1-2-3-5-7-6-4-8-5/h2H,1,3H2. The highest BCUT2D eigenvalue weighted by atomic mass is 16.4. The maximum Gasteiger partial charge on any atom is 0.305 e. The highest BCUT2D eigenvalue weighted by molar-refractivity contribution is 4.83. The molecule has 0 unspecified atom stereocenters. The van der Waals surface area contributed by atoms with Gasteiger partial charge in [0.05, 0.1) is 0 Å². The third-order valence-electron chi connectivity index (χ3n) is 0.685. The molecule has 1 rings (SSSR count). The molecule has 0 saturated carbocycles. The Morgan fingerprint density at radius 2 is 2.75 bits per heavy atom. The smallest absolute Gasteiger partial charge is 0.305 e. The molecule has 0 saturated heterocycles. The van der Waals surface area contributed by atoms with Gasteiger partial charge in [0.2, 0.25) is 5.89 Å². The van der Waals surface area contributed by atoms with Crippen LogP contribution in [0.3, 0.4) is 0 Å². The van der Waals surface area contributed by atoms with E-state index in [1.165, 1.54) is 0 Å². The molecule has 41 valence electrons. The average molecular weight is 109 g/mol. The van der Waals surface area contributed by atoms with Crippen LogP contribution in [0.25, 0.3) is 0 Å². The van der Waals surface area contributed by atoms with E-state index >= 15 is 0 Å². The van der Waals surface area contributed by atoms with Gasteiger partial charge in [-0.2, -0.15) is 0 Å². The van der Waals surface area contributed by atoms with E-state index in [-0.39, 0.29) is 0 Å². The van der Waals surface area contributed by atoms with Crippen LogP contribution in [0.1, 0.15) is 5.89 Å². The number of aromatic nitrogens is 2. The van der Waals surface area contributed by atoms with Crippen LogP contribution in [-0.4, -0.2) is 10.2 Å². The first-order valence-corrected chi connectivity index (χ1v) is 2.23. The van der Waals surface area contributed by atoms with Gasteiger partial charge in [0.25, 0.3) is 0 Å². The lowest BCUT2D eigenvalue weighted by Gasteiger charge is -1.77. The normalized spacial score (nSPS) is 9.00. The van der Waals surface area contributed by atoms with E-state index in [0.29, 0.717) is 12.3 Å². The fourth-order valence-corrected chi connectivity index (χ4v) is 0.376. The molecule has 1 aromatic rings. The summed E-state index contributed by atoms with van der Waals surface area (Å²) in [6.07, 6.45) is 4.55. The van der Waals surface area contributed by atoms with Crippen LogP contribution < -0.4 is 0 Å². The molecule has 0 spiro atoms. The molecule has 0 aliphatic carbocycles. The summed E-state index contributed by atoms with van der Waals surface area (Å²) < 4.78 is 4.66. The highest BCUT2D eigenvalue weighted by Crippen LogP contribution is 1.90. The number of hydrogen-bond acceptors (Lipinski definition) is 3. The Labute approximate surface area is 47.0 Å². The molecule has 0 N–H and O–H groups in total. The van der Waals surface area contributed by atoms with E-state index < -0.39 is 0 Å². The second kappa shape index (κ2) is 2.26. The zero-order valence-electron chi connectivity index (χ0n) is 4.29. The van der Waals surface area contributed by atoms with E-state index in [2.05, 4.69) is 27.6 Å². The third kappa shape index (κ3) is 0.932. The van der Waals surface area contributed by atoms with Crippen molar-refractivity contribution in [3.05, 3.63) is 24.9 Å². The van der Waals surface area contributed by atoms with Crippen molar-refractivity contribution in [3.8, 4) is 0 Å². The van der Waals surface area contributed by atoms with Gasteiger partial charge in [-0.05, 0) is 0 Å². The quantitative estimate of drug-likeness (QED) is 0.522. The van der Waals surface area contributed by atoms with Gasteiger partial charge in [0, 0.05) is 6.42 Å². The first-order chi connectivity index (χ1) is 3.93. The largest absolute Gasteiger partial charge is 0.417 e. The van der Waals surface area contributed by atoms with Crippen molar-refractivity contribution in [2.24, 2.45) is 0 Å². The molecular weight excluding hydrogens is 104 g/mol. The van der Waals surface area contributed by atoms with Crippen LogP contribution in [0.15, 0.2) is 17.1 Å². The van der Waals surface area contributed by atoms with Gasteiger partial charge < -0.3 is 4.42 Å². The molecule has 8 heavy (non-hydrogen) atoms. The Morgan fingerprint density at radius 1 is 1.88 bits per heavy atom. The van der Waals surface area contributed by atoms with Crippen molar-refractivity contribution < 1.29 is 4.42 Å². The Kier molecular flexibility index (Phi) is 1.42. The number of hydrogen-bond donors (Lipinski definition) is 0. The summed E-state index contributed by atoms with van der Waals surface area (Å²) in [5, 5.41) is 6.91. The highest BCUT2D eigenvalue weighted by Gasteiger charge is 1.91. The van der Waals surface area contributed by atoms with Crippen molar-refractivity contribution in [2.45, 2.75) is 6.42 Å². The molecule has 0 amide bonds. The zero-order chi connectivity index (χ0) is 5.82. The molecule has 3 nitrogen and oxygen atoms in total. The van der Waals surface area contributed by atoms with E-state index in [9.17, 15) is 0 Å². The fraction of sp³-hybridized carbons (Fsp3) is 0.200. The number of rotatable bonds is 2. The van der Waals surface area contributed by atoms with Crippen LogP contribution in [0.2, 0.25) is 0 Å². The molecule has 0 fully saturated rings. The molecule has 0 atom stereocenters. The van der Waals surface area contributed by atoms with Crippen molar-refractivity contribution in [3.63, 3.8) is 0 Å². The van der Waals surface area contributed by atoms with Gasteiger partial charge in [-0.25, -0.2) is 0 Å². The van der Waals surface area contributed by atoms with Gasteiger partial charge in [-0.1, -0.05) is 6.08 Å². The Balaban J connectivity index is 2.62. The summed E-state index contributed by atoms with van der Waals surface area (Å²) in [7, 11) is 0. The van der Waals surface area contributed by atoms with E-state index in [1.54, 1.807) is 6.08 Å². The van der Waals surface area contributed by atoms with Gasteiger partial charge in [-0.3, -0.25) is 0 Å². The molecule has 1 aromatic heterocycles. The first kappa shape index (κ1) is 5.03. The molecule has 0 aliphatic heterocycles. The second-order valence-corrected chi connectivity index (χ2v) is 1.28. The summed E-state index contributed by atoms with van der Waals surface area (Å²) in [6, 6.07) is 0. The lowest BCUT2D eigenvalue weighted by atomic mass is 10.4. The minimum Gasteiger partial charge on any atom is -0.417 e. The van der Waals surface area contributed by atoms with Crippen LogP contribution in [-0.2, 0) is 6.42 Å². The molecule has 0 aliphatic rings. The van der Waals surface area contributed by atoms with Crippen molar-refractivity contribution >= 4 is 0 Å². The fourth-order valence-electron chi connectivity index (χ4n) is 0.376. The topological polar surface area (TPSA) is 38.9 Å². The van der Waals surface area contributed by atoms with Gasteiger partial charge in [0.15, 0.2) is 0 Å². The van der Waals surface area contributed by atoms with Crippen LogP contribution >= 0.6 is 0 Å². The third-order valence-corrected chi connectivity index (χ3v) is 0.685. The maximum absolute atomic E-state index is 4.66. The van der Waals surface area contributed by atoms with Crippen molar-refractivity contribution in [2.75, 3.05) is 0 Å². The monoisotopic (exact) mass is 109 g/mol. The lowest BCUT2D eigenvalue weighted by molar-refractivity contribution is 0.499. The van der Waals surface area contributed by atoms with E-state index in [4.69, 9.17) is 0 Å². The summed E-state index contributed by atoms with van der Waals surface area (Å²) in [5.74, 6) is 0.556. The number of allylic oxidation sites excluding steroid dienone is 1. The maximum atomic E-state index is 4.66. The van der Waals surface area contributed by atoms with Gasteiger partial charge >= 0.3 is 6.39 Å². The molecule has 3 heteroatoms. The Bertz CT molecular complexity index is 157. The molecule has 0 bridgehead atoms. The van der Waals surface area contributed by atoms with Crippen LogP contribution in [0, 0.1) is 6.39 Å². The number of nitrogens with zero attached hydrogens (tertiary/aromatic N) is 2. The Morgan fingerprint density at radius 3 is 3.25 bits per heavy atom. The van der Waals surface area contributed by atoms with Crippen LogP contribution in [0.5, 0.6) is 0 Å². The predicted molar refractivity (Wildman–Crippen MR) is 27.0 cm³/mol. The van der Waals surface area contributed by atoms with E-state index in [0.717, 1.165) is 0 Å². The predicted octanol–water partition coefficient (Wildman–Crippen LogP) is 0.598. The zero-order valence-corrected chi connectivity index (χ0v) is 4.29. The van der Waals surface area contributed by atoms with E-state index in [1.807, 2.05) is 0 Å². The molecule has 1 heterocycles. The Hall–Kier alpha value is -1.12. The summed E-state index contributed by atoms with van der Waals surface area (Å²) in [6.45, 7) is 3.49. The lowest BCUT2D eigenvalue weighted by Crippen LogP contribution is -1.77. The minimum atomic E-state index is 0.556. The second-order valence-electron chi connectivity index (χ2n) is 1.28. The van der Waals surface area contributed by atoms with Gasteiger partial charge in [-0.15, -0.1) is 16.8 Å². The first-order valence-electron chi connectivity index (χ1n) is 2.23. The van der Waals surface area contributed by atoms with Crippen molar-refractivity contribution in [1.29, 1.82) is 0 Å². The molecular formula is C5H5N2O. The molecule has 1 radical (unpaired) electrons. The SMILES string of the molecule is C=CCc1nn[c]o1.